The molecule has 0 amide bonds. The lowest BCUT2D eigenvalue weighted by Crippen LogP contribution is -2.16. The minimum Gasteiger partial charge on any atom is -0.493 e. The van der Waals surface area contributed by atoms with Crippen LogP contribution in [-0.2, 0) is 38.1 Å². The Kier molecular flexibility index (Phi) is 14.3. The van der Waals surface area contributed by atoms with Crippen molar-refractivity contribution in [3.63, 3.8) is 0 Å². The maximum Gasteiger partial charge on any atom is 0.341 e. The summed E-state index contributed by atoms with van der Waals surface area (Å²) in [7, 11) is 3.00. The average molecular weight is 683 g/mol. The van der Waals surface area contributed by atoms with Gasteiger partial charge in [-0.3, -0.25) is 9.59 Å². The summed E-state index contributed by atoms with van der Waals surface area (Å²) >= 11 is 0. The highest BCUT2D eigenvalue weighted by atomic mass is 16.6. The highest BCUT2D eigenvalue weighted by molar-refractivity contribution is 6.21. The summed E-state index contributed by atoms with van der Waals surface area (Å²) in [6, 6.07) is 22.8. The van der Waals surface area contributed by atoms with Crippen LogP contribution < -0.4 is 9.47 Å². The molecule has 10 nitrogen and oxygen atoms in total. The number of unbranched alkanes of at least 4 members (excludes halogenated alkanes) is 1. The van der Waals surface area contributed by atoms with Crippen LogP contribution in [0.15, 0.2) is 83.9 Å². The summed E-state index contributed by atoms with van der Waals surface area (Å²) in [6.07, 6.45) is 4.29. The third-order valence-corrected chi connectivity index (χ3v) is 7.73. The quantitative estimate of drug-likeness (QED) is 0.0353. The molecular weight excluding hydrogens is 640 g/mol. The fourth-order valence-corrected chi connectivity index (χ4v) is 5.16. The van der Waals surface area contributed by atoms with Crippen LogP contribution in [0.2, 0.25) is 0 Å². The van der Waals surface area contributed by atoms with Gasteiger partial charge >= 0.3 is 11.9 Å². The lowest BCUT2D eigenvalue weighted by Gasteiger charge is -2.15. The average Bonchev–Trinajstić information content (AvgIpc) is 3.11. The smallest absolute Gasteiger partial charge is 0.341 e. The van der Waals surface area contributed by atoms with Crippen LogP contribution in [0, 0.1) is 0 Å². The van der Waals surface area contributed by atoms with E-state index in [0.29, 0.717) is 48.7 Å². The lowest BCUT2D eigenvalue weighted by atomic mass is 10.00. The fourth-order valence-electron chi connectivity index (χ4n) is 5.16. The van der Waals surface area contributed by atoms with Crippen LogP contribution in [0.5, 0.6) is 11.5 Å². The van der Waals surface area contributed by atoms with Gasteiger partial charge in [0.2, 0.25) is 0 Å². The number of hydrogen-bond acceptors (Lipinski definition) is 10. The molecule has 0 N–H and O–H groups in total. The standard InChI is InChI=1S/C40H42O10/c1-27(41)33(39(43)49-23-21-45-3)25-35-31-13-7-5-11-29(31)15-17-37(35)47-19-9-10-20-48-38-18-16-30-12-6-8-14-32(30)36(38)26-34(28(2)42)40(44)50-24-22-46-4/h5-8,11-18,25-26H,9-10,19-24H2,1-4H3/b33-25-,34-26-. The predicted molar refractivity (Wildman–Crippen MR) is 191 cm³/mol. The van der Waals surface area contributed by atoms with Gasteiger partial charge in [0.1, 0.15) is 35.9 Å². The SMILES string of the molecule is COCCOC(=O)/C(=C\c1c(OCCCCOc2ccc3ccccc3c2/C=C(/C(C)=O)C(=O)OCCOC)ccc2ccccc12)C(C)=O. The third kappa shape index (κ3) is 10.1. The summed E-state index contributed by atoms with van der Waals surface area (Å²) in [4.78, 5) is 50.5. The second kappa shape index (κ2) is 19.0. The van der Waals surface area contributed by atoms with E-state index < -0.39 is 23.5 Å². The normalized spacial score (nSPS) is 11.8. The van der Waals surface area contributed by atoms with Crippen molar-refractivity contribution in [2.75, 3.05) is 53.9 Å². The van der Waals surface area contributed by atoms with E-state index >= 15 is 0 Å². The van der Waals surface area contributed by atoms with E-state index in [-0.39, 0.29) is 37.6 Å². The third-order valence-electron chi connectivity index (χ3n) is 7.73. The number of methoxy groups -OCH3 is 2. The zero-order valence-corrected chi connectivity index (χ0v) is 28.8. The van der Waals surface area contributed by atoms with Gasteiger partial charge in [0, 0.05) is 25.3 Å². The minimum atomic E-state index is -0.730. The zero-order chi connectivity index (χ0) is 35.9. The Bertz CT molecular complexity index is 1750. The Morgan fingerprint density at radius 2 is 0.920 bits per heavy atom. The molecule has 0 aliphatic heterocycles. The number of carbonyl (C=O) groups excluding carboxylic acids is 4. The van der Waals surface area contributed by atoms with E-state index in [1.54, 1.807) is 0 Å². The molecule has 0 aliphatic rings. The molecule has 0 fully saturated rings. The summed E-state index contributed by atoms with van der Waals surface area (Å²) in [5.41, 5.74) is 1.02. The fraction of sp³-hybridized carbons (Fsp3) is 0.300. The van der Waals surface area contributed by atoms with Crippen molar-refractivity contribution in [3.05, 3.63) is 95.1 Å². The predicted octanol–water partition coefficient (Wildman–Crippen LogP) is 6.56. The molecule has 10 heteroatoms. The van der Waals surface area contributed by atoms with Gasteiger partial charge in [0.15, 0.2) is 11.6 Å². The Hall–Kier alpha value is -5.32. The highest BCUT2D eigenvalue weighted by Crippen LogP contribution is 2.32. The zero-order valence-electron chi connectivity index (χ0n) is 28.8. The number of esters is 2. The number of carbonyl (C=O) groups is 4. The molecule has 262 valence electrons. The first-order valence-corrected chi connectivity index (χ1v) is 16.3. The molecule has 0 aromatic heterocycles. The summed E-state index contributed by atoms with van der Waals surface area (Å²) in [6.45, 7) is 3.79. The van der Waals surface area contributed by atoms with Gasteiger partial charge in [-0.05, 0) is 72.5 Å². The van der Waals surface area contributed by atoms with Crippen LogP contribution in [0.25, 0.3) is 33.7 Å². The molecule has 0 saturated heterocycles. The van der Waals surface area contributed by atoms with E-state index in [1.807, 2.05) is 72.8 Å². The van der Waals surface area contributed by atoms with Crippen molar-refractivity contribution in [2.45, 2.75) is 26.7 Å². The molecule has 4 aromatic carbocycles. The molecule has 0 radical (unpaired) electrons. The van der Waals surface area contributed by atoms with Crippen LogP contribution in [0.1, 0.15) is 37.8 Å². The summed E-state index contributed by atoms with van der Waals surface area (Å²) < 4.78 is 32.7. The van der Waals surface area contributed by atoms with Gasteiger partial charge < -0.3 is 28.4 Å². The van der Waals surface area contributed by atoms with E-state index in [1.165, 1.54) is 40.2 Å². The Morgan fingerprint density at radius 1 is 0.520 bits per heavy atom. The molecule has 0 heterocycles. The Morgan fingerprint density at radius 3 is 1.30 bits per heavy atom. The van der Waals surface area contributed by atoms with Crippen LogP contribution in [-0.4, -0.2) is 77.4 Å². The maximum absolute atomic E-state index is 12.8. The Labute approximate surface area is 291 Å². The molecule has 0 saturated carbocycles. The van der Waals surface area contributed by atoms with Crippen LogP contribution in [0.4, 0.5) is 0 Å². The van der Waals surface area contributed by atoms with E-state index in [4.69, 9.17) is 28.4 Å². The highest BCUT2D eigenvalue weighted by Gasteiger charge is 2.20. The van der Waals surface area contributed by atoms with Gasteiger partial charge in [-0.15, -0.1) is 0 Å². The molecule has 0 spiro atoms. The number of ketones is 2. The van der Waals surface area contributed by atoms with Crippen molar-refractivity contribution in [1.29, 1.82) is 0 Å². The molecule has 50 heavy (non-hydrogen) atoms. The number of fused-ring (bicyclic) bond motifs is 2. The first-order valence-electron chi connectivity index (χ1n) is 16.3. The Balaban J connectivity index is 1.49. The van der Waals surface area contributed by atoms with Crippen LogP contribution >= 0.6 is 0 Å². The molecule has 0 aliphatic carbocycles. The van der Waals surface area contributed by atoms with E-state index in [9.17, 15) is 19.2 Å². The number of Topliss-reactive ketones (excluding diaryl/α,β-unsaturated/α-hetero) is 2. The minimum absolute atomic E-state index is 0.0250. The molecular formula is C40H42O10. The van der Waals surface area contributed by atoms with Crippen molar-refractivity contribution < 1.29 is 47.6 Å². The van der Waals surface area contributed by atoms with Crippen molar-refractivity contribution >= 4 is 57.2 Å². The molecule has 4 rings (SSSR count). The van der Waals surface area contributed by atoms with Crippen LogP contribution in [0.3, 0.4) is 0 Å². The first kappa shape index (κ1) is 37.5. The second-order valence-corrected chi connectivity index (χ2v) is 11.3. The van der Waals surface area contributed by atoms with Crippen molar-refractivity contribution in [2.24, 2.45) is 0 Å². The lowest BCUT2D eigenvalue weighted by molar-refractivity contribution is -0.142. The number of benzene rings is 4. The molecule has 0 atom stereocenters. The molecule has 4 aromatic rings. The number of ether oxygens (including phenoxy) is 6. The number of rotatable bonds is 19. The van der Waals surface area contributed by atoms with Gasteiger partial charge in [0.25, 0.3) is 0 Å². The van der Waals surface area contributed by atoms with Gasteiger partial charge in [0.05, 0.1) is 26.4 Å². The molecule has 0 unspecified atom stereocenters. The first-order chi connectivity index (χ1) is 24.2. The number of hydrogen-bond donors (Lipinski definition) is 0. The van der Waals surface area contributed by atoms with Crippen molar-refractivity contribution in [1.82, 2.24) is 0 Å². The van der Waals surface area contributed by atoms with Gasteiger partial charge in [-0.2, -0.15) is 0 Å². The second-order valence-electron chi connectivity index (χ2n) is 11.3. The van der Waals surface area contributed by atoms with Gasteiger partial charge in [-0.1, -0.05) is 60.7 Å². The van der Waals surface area contributed by atoms with E-state index in [0.717, 1.165) is 21.5 Å². The van der Waals surface area contributed by atoms with E-state index in [2.05, 4.69) is 0 Å². The maximum atomic E-state index is 12.8. The molecule has 0 bridgehead atoms. The summed E-state index contributed by atoms with van der Waals surface area (Å²) in [5.74, 6) is -1.28. The monoisotopic (exact) mass is 682 g/mol. The summed E-state index contributed by atoms with van der Waals surface area (Å²) in [5, 5.41) is 3.49. The van der Waals surface area contributed by atoms with Gasteiger partial charge in [-0.25, -0.2) is 9.59 Å². The van der Waals surface area contributed by atoms with Crippen molar-refractivity contribution in [3.8, 4) is 11.5 Å². The largest absolute Gasteiger partial charge is 0.493 e. The topological polar surface area (TPSA) is 124 Å².